The maximum atomic E-state index is 12.3. The van der Waals surface area contributed by atoms with Crippen molar-refractivity contribution in [3.8, 4) is 5.69 Å². The zero-order valence-corrected chi connectivity index (χ0v) is 12.6. The van der Waals surface area contributed by atoms with Gasteiger partial charge in [0.05, 0.1) is 12.8 Å². The SMILES string of the molecule is COC(=O)c1nnn(-c2ccccc2)c1NC(=O)[C@H]1CCCO1. The number of amides is 1. The van der Waals surface area contributed by atoms with Gasteiger partial charge < -0.3 is 14.8 Å². The topological polar surface area (TPSA) is 95.3 Å². The molecule has 8 nitrogen and oxygen atoms in total. The molecule has 8 heteroatoms. The van der Waals surface area contributed by atoms with Crippen LogP contribution in [0.2, 0.25) is 0 Å². The maximum Gasteiger partial charge on any atom is 0.362 e. The Labute approximate surface area is 132 Å². The summed E-state index contributed by atoms with van der Waals surface area (Å²) in [4.78, 5) is 24.2. The first kappa shape index (κ1) is 15.2. The molecule has 1 N–H and O–H groups in total. The second-order valence-electron chi connectivity index (χ2n) is 5.02. The second-order valence-corrected chi connectivity index (χ2v) is 5.02. The number of hydrogen-bond donors (Lipinski definition) is 1. The molecule has 0 radical (unpaired) electrons. The fourth-order valence-corrected chi connectivity index (χ4v) is 2.36. The summed E-state index contributed by atoms with van der Waals surface area (Å²) in [6, 6.07) is 9.07. The highest BCUT2D eigenvalue weighted by Crippen LogP contribution is 2.21. The Bertz CT molecular complexity index is 708. The number of hydrogen-bond acceptors (Lipinski definition) is 6. The fraction of sp³-hybridized carbons (Fsp3) is 0.333. The Morgan fingerprint density at radius 3 is 2.78 bits per heavy atom. The van der Waals surface area contributed by atoms with Crippen LogP contribution in [0.25, 0.3) is 5.69 Å². The highest BCUT2D eigenvalue weighted by Gasteiger charge is 2.28. The molecule has 0 aliphatic carbocycles. The number of nitrogens with one attached hydrogen (secondary N) is 1. The van der Waals surface area contributed by atoms with Crippen LogP contribution in [0.5, 0.6) is 0 Å². The number of carbonyl (C=O) groups is 2. The van der Waals surface area contributed by atoms with Crippen LogP contribution in [0.1, 0.15) is 23.3 Å². The van der Waals surface area contributed by atoms with Gasteiger partial charge in [-0.3, -0.25) is 4.79 Å². The van der Waals surface area contributed by atoms with Gasteiger partial charge in [-0.1, -0.05) is 23.4 Å². The van der Waals surface area contributed by atoms with Crippen LogP contribution < -0.4 is 5.32 Å². The van der Waals surface area contributed by atoms with Gasteiger partial charge in [0.25, 0.3) is 5.91 Å². The first-order valence-electron chi connectivity index (χ1n) is 7.22. The first-order valence-corrected chi connectivity index (χ1v) is 7.22. The van der Waals surface area contributed by atoms with Gasteiger partial charge >= 0.3 is 5.97 Å². The standard InChI is InChI=1S/C15H16N4O4/c1-22-15(21)12-13(16-14(20)11-8-5-9-23-11)19(18-17-12)10-6-3-2-4-7-10/h2-4,6-7,11H,5,8-9H2,1H3,(H,16,20)/t11-/m1/s1. The van der Waals surface area contributed by atoms with E-state index in [0.29, 0.717) is 18.7 Å². The van der Waals surface area contributed by atoms with E-state index in [1.165, 1.54) is 11.8 Å². The third-order valence-corrected chi connectivity index (χ3v) is 3.51. The fourth-order valence-electron chi connectivity index (χ4n) is 2.36. The molecular weight excluding hydrogens is 300 g/mol. The normalized spacial score (nSPS) is 17.0. The Kier molecular flexibility index (Phi) is 4.33. The molecule has 3 rings (SSSR count). The minimum absolute atomic E-state index is 0.0531. The largest absolute Gasteiger partial charge is 0.464 e. The number of anilines is 1. The summed E-state index contributed by atoms with van der Waals surface area (Å²) < 4.78 is 11.4. The Morgan fingerprint density at radius 1 is 1.35 bits per heavy atom. The average Bonchev–Trinajstić information content (AvgIpc) is 3.25. The molecule has 23 heavy (non-hydrogen) atoms. The van der Waals surface area contributed by atoms with Gasteiger partial charge in [-0.2, -0.15) is 4.68 Å². The lowest BCUT2D eigenvalue weighted by molar-refractivity contribution is -0.124. The van der Waals surface area contributed by atoms with Gasteiger partial charge in [0.15, 0.2) is 5.82 Å². The third kappa shape index (κ3) is 3.07. The summed E-state index contributed by atoms with van der Waals surface area (Å²) in [5, 5.41) is 10.5. The Balaban J connectivity index is 1.96. The molecule has 120 valence electrons. The van der Waals surface area contributed by atoms with Crippen molar-refractivity contribution in [2.45, 2.75) is 18.9 Å². The molecule has 0 bridgehead atoms. The summed E-state index contributed by atoms with van der Waals surface area (Å²) in [5.41, 5.74) is 0.612. The van der Waals surface area contributed by atoms with E-state index in [1.54, 1.807) is 12.1 Å². The van der Waals surface area contributed by atoms with Crippen molar-refractivity contribution in [1.29, 1.82) is 0 Å². The number of aromatic nitrogens is 3. The number of rotatable bonds is 4. The molecule has 0 unspecified atom stereocenters. The predicted octanol–water partition coefficient (Wildman–Crippen LogP) is 1.17. The molecule has 2 heterocycles. The highest BCUT2D eigenvalue weighted by molar-refractivity contribution is 6.00. The highest BCUT2D eigenvalue weighted by atomic mass is 16.5. The molecule has 1 aromatic carbocycles. The quantitative estimate of drug-likeness (QED) is 0.851. The monoisotopic (exact) mass is 316 g/mol. The molecule has 1 aliphatic heterocycles. The van der Waals surface area contributed by atoms with Crippen molar-refractivity contribution >= 4 is 17.7 Å². The molecule has 1 saturated heterocycles. The van der Waals surface area contributed by atoms with Crippen LogP contribution in [0.15, 0.2) is 30.3 Å². The van der Waals surface area contributed by atoms with Crippen molar-refractivity contribution in [1.82, 2.24) is 15.0 Å². The Hall–Kier alpha value is -2.74. The molecular formula is C15H16N4O4. The van der Waals surface area contributed by atoms with E-state index in [1.807, 2.05) is 18.2 Å². The van der Waals surface area contributed by atoms with E-state index in [9.17, 15) is 9.59 Å². The molecule has 1 fully saturated rings. The van der Waals surface area contributed by atoms with Crippen molar-refractivity contribution in [3.05, 3.63) is 36.0 Å². The van der Waals surface area contributed by atoms with E-state index < -0.39 is 12.1 Å². The number of esters is 1. The number of carbonyl (C=O) groups excluding carboxylic acids is 2. The van der Waals surface area contributed by atoms with E-state index >= 15 is 0 Å². The van der Waals surface area contributed by atoms with Crippen LogP contribution in [0.4, 0.5) is 5.82 Å². The smallest absolute Gasteiger partial charge is 0.362 e. The van der Waals surface area contributed by atoms with E-state index in [4.69, 9.17) is 9.47 Å². The van der Waals surface area contributed by atoms with Crippen LogP contribution in [-0.2, 0) is 14.3 Å². The molecule has 1 amide bonds. The summed E-state index contributed by atoms with van der Waals surface area (Å²) in [7, 11) is 1.25. The Morgan fingerprint density at radius 2 is 2.13 bits per heavy atom. The van der Waals surface area contributed by atoms with Gasteiger partial charge in [-0.25, -0.2) is 4.79 Å². The van der Waals surface area contributed by atoms with Crippen molar-refractivity contribution < 1.29 is 19.1 Å². The number of para-hydroxylation sites is 1. The van der Waals surface area contributed by atoms with Crippen LogP contribution in [0.3, 0.4) is 0 Å². The lowest BCUT2D eigenvalue weighted by Crippen LogP contribution is -2.28. The van der Waals surface area contributed by atoms with Crippen LogP contribution in [-0.4, -0.2) is 46.7 Å². The lowest BCUT2D eigenvalue weighted by atomic mass is 10.2. The molecule has 2 aromatic rings. The number of methoxy groups -OCH3 is 1. The molecule has 0 saturated carbocycles. The van der Waals surface area contributed by atoms with E-state index in [2.05, 4.69) is 15.6 Å². The minimum atomic E-state index is -0.671. The first-order chi connectivity index (χ1) is 11.2. The minimum Gasteiger partial charge on any atom is -0.464 e. The van der Waals surface area contributed by atoms with Crippen LogP contribution >= 0.6 is 0 Å². The molecule has 1 aromatic heterocycles. The average molecular weight is 316 g/mol. The molecule has 0 spiro atoms. The number of ether oxygens (including phenoxy) is 2. The summed E-state index contributed by atoms with van der Waals surface area (Å²) >= 11 is 0. The van der Waals surface area contributed by atoms with E-state index in [-0.39, 0.29) is 17.4 Å². The zero-order valence-electron chi connectivity index (χ0n) is 12.6. The zero-order chi connectivity index (χ0) is 16.2. The molecule has 1 aliphatic rings. The van der Waals surface area contributed by atoms with Crippen LogP contribution in [0, 0.1) is 0 Å². The lowest BCUT2D eigenvalue weighted by Gasteiger charge is -2.12. The van der Waals surface area contributed by atoms with Gasteiger partial charge in [-0.15, -0.1) is 5.10 Å². The van der Waals surface area contributed by atoms with Crippen molar-refractivity contribution in [3.63, 3.8) is 0 Å². The van der Waals surface area contributed by atoms with Gasteiger partial charge in [0.1, 0.15) is 6.10 Å². The van der Waals surface area contributed by atoms with Crippen molar-refractivity contribution in [2.75, 3.05) is 19.0 Å². The van der Waals surface area contributed by atoms with Gasteiger partial charge in [0.2, 0.25) is 5.69 Å². The summed E-state index contributed by atoms with van der Waals surface area (Å²) in [6.45, 7) is 0.554. The predicted molar refractivity (Wildman–Crippen MR) is 80.3 cm³/mol. The number of nitrogens with zero attached hydrogens (tertiary/aromatic N) is 3. The van der Waals surface area contributed by atoms with Crippen molar-refractivity contribution in [2.24, 2.45) is 0 Å². The van der Waals surface area contributed by atoms with Gasteiger partial charge in [0, 0.05) is 6.61 Å². The van der Waals surface area contributed by atoms with E-state index in [0.717, 1.165) is 6.42 Å². The van der Waals surface area contributed by atoms with Gasteiger partial charge in [-0.05, 0) is 25.0 Å². The third-order valence-electron chi connectivity index (χ3n) is 3.51. The summed E-state index contributed by atoms with van der Waals surface area (Å²) in [5.74, 6) is -0.828. The summed E-state index contributed by atoms with van der Waals surface area (Å²) in [6.07, 6.45) is 0.948. The molecule has 1 atom stereocenters. The maximum absolute atomic E-state index is 12.3. The second kappa shape index (κ2) is 6.57. The number of benzene rings is 1.